The van der Waals surface area contributed by atoms with Gasteiger partial charge < -0.3 is 19.2 Å². The third kappa shape index (κ3) is 4.75. The Morgan fingerprint density at radius 2 is 1.86 bits per heavy atom. The van der Waals surface area contributed by atoms with Gasteiger partial charge in [-0.25, -0.2) is 0 Å². The van der Waals surface area contributed by atoms with Gasteiger partial charge >= 0.3 is 6.18 Å². The molecule has 1 heterocycles. The molecule has 0 spiro atoms. The van der Waals surface area contributed by atoms with Crippen molar-refractivity contribution in [3.8, 4) is 5.75 Å². The highest BCUT2D eigenvalue weighted by Gasteiger charge is 2.31. The minimum atomic E-state index is -4.61. The molecule has 0 fully saturated rings. The summed E-state index contributed by atoms with van der Waals surface area (Å²) in [5.41, 5.74) is -1.44. The molecule has 0 aliphatic carbocycles. The molecule has 29 heavy (non-hydrogen) atoms. The van der Waals surface area contributed by atoms with Gasteiger partial charge in [0.05, 0.1) is 23.2 Å². The lowest BCUT2D eigenvalue weighted by Gasteiger charge is -2.15. The average Bonchev–Trinajstić information content (AvgIpc) is 2.68. The SMILES string of the molecule is COCCOc1ccc(C(F)(F)F)cc1NC(=O)c1cc(=O)c2ccccc2o1. The van der Waals surface area contributed by atoms with Crippen molar-refractivity contribution in [2.45, 2.75) is 6.18 Å². The van der Waals surface area contributed by atoms with Gasteiger partial charge in [0.2, 0.25) is 0 Å². The van der Waals surface area contributed by atoms with Crippen LogP contribution < -0.4 is 15.5 Å². The summed E-state index contributed by atoms with van der Waals surface area (Å²) in [5, 5.41) is 2.60. The Bertz CT molecular complexity index is 1090. The highest BCUT2D eigenvalue weighted by atomic mass is 19.4. The zero-order valence-corrected chi connectivity index (χ0v) is 15.2. The molecule has 0 aliphatic heterocycles. The fourth-order valence-corrected chi connectivity index (χ4v) is 2.56. The van der Waals surface area contributed by atoms with E-state index in [1.54, 1.807) is 12.1 Å². The first-order chi connectivity index (χ1) is 13.8. The normalized spacial score (nSPS) is 11.4. The van der Waals surface area contributed by atoms with Crippen LogP contribution in [0, 0.1) is 0 Å². The average molecular weight is 407 g/mol. The minimum Gasteiger partial charge on any atom is -0.489 e. The summed E-state index contributed by atoms with van der Waals surface area (Å²) >= 11 is 0. The van der Waals surface area contributed by atoms with Crippen LogP contribution in [0.4, 0.5) is 18.9 Å². The zero-order chi connectivity index (χ0) is 21.0. The Labute approximate surface area is 162 Å². The van der Waals surface area contributed by atoms with Gasteiger partial charge in [0.25, 0.3) is 5.91 Å². The maximum absolute atomic E-state index is 13.1. The standard InChI is InChI=1S/C20H16F3NO5/c1-27-8-9-28-17-7-6-12(20(21,22)23)10-14(17)24-19(26)18-11-15(25)13-4-2-3-5-16(13)29-18/h2-7,10-11H,8-9H2,1H3,(H,24,26). The summed E-state index contributed by atoms with van der Waals surface area (Å²) in [6, 6.07) is 10.00. The smallest absolute Gasteiger partial charge is 0.416 e. The molecule has 1 aromatic heterocycles. The summed E-state index contributed by atoms with van der Waals surface area (Å²) in [6.45, 7) is 0.268. The molecule has 0 atom stereocenters. The Kier molecular flexibility index (Phi) is 5.88. The summed E-state index contributed by atoms with van der Waals surface area (Å²) in [6.07, 6.45) is -4.61. The Balaban J connectivity index is 1.94. The quantitative estimate of drug-likeness (QED) is 0.623. The second kappa shape index (κ2) is 8.36. The van der Waals surface area contributed by atoms with Crippen LogP contribution in [0.3, 0.4) is 0 Å². The van der Waals surface area contributed by atoms with Gasteiger partial charge in [-0.2, -0.15) is 13.2 Å². The maximum Gasteiger partial charge on any atom is 0.416 e. The molecule has 0 saturated carbocycles. The van der Waals surface area contributed by atoms with Crippen molar-refractivity contribution in [2.24, 2.45) is 0 Å². The van der Waals surface area contributed by atoms with Crippen LogP contribution in [-0.2, 0) is 10.9 Å². The number of nitrogens with one attached hydrogen (secondary N) is 1. The van der Waals surface area contributed by atoms with Crippen molar-refractivity contribution >= 4 is 22.6 Å². The van der Waals surface area contributed by atoms with Gasteiger partial charge in [0.1, 0.15) is 17.9 Å². The lowest BCUT2D eigenvalue weighted by molar-refractivity contribution is -0.137. The number of anilines is 1. The second-order valence-electron chi connectivity index (χ2n) is 5.98. The molecule has 2 aromatic carbocycles. The summed E-state index contributed by atoms with van der Waals surface area (Å²) in [7, 11) is 1.44. The van der Waals surface area contributed by atoms with E-state index in [0.29, 0.717) is 0 Å². The first-order valence-corrected chi connectivity index (χ1v) is 8.47. The summed E-state index contributed by atoms with van der Waals surface area (Å²) < 4.78 is 54.8. The van der Waals surface area contributed by atoms with E-state index in [1.165, 1.54) is 19.2 Å². The van der Waals surface area contributed by atoms with Gasteiger partial charge in [-0.05, 0) is 30.3 Å². The minimum absolute atomic E-state index is 0.0199. The zero-order valence-electron chi connectivity index (χ0n) is 15.2. The highest BCUT2D eigenvalue weighted by Crippen LogP contribution is 2.35. The first kappa shape index (κ1) is 20.4. The first-order valence-electron chi connectivity index (χ1n) is 8.47. The molecular weight excluding hydrogens is 391 g/mol. The van der Waals surface area contributed by atoms with Crippen LogP contribution in [0.5, 0.6) is 5.75 Å². The van der Waals surface area contributed by atoms with Gasteiger partial charge in [0.15, 0.2) is 11.2 Å². The number of benzene rings is 2. The fourth-order valence-electron chi connectivity index (χ4n) is 2.56. The van der Waals surface area contributed by atoms with Gasteiger partial charge in [-0.1, -0.05) is 12.1 Å². The van der Waals surface area contributed by atoms with Gasteiger partial charge in [0, 0.05) is 13.2 Å². The number of amides is 1. The molecule has 152 valence electrons. The topological polar surface area (TPSA) is 77.8 Å². The molecule has 1 amide bonds. The van der Waals surface area contributed by atoms with Crippen LogP contribution in [-0.4, -0.2) is 26.2 Å². The fraction of sp³-hybridized carbons (Fsp3) is 0.200. The van der Waals surface area contributed by atoms with Crippen molar-refractivity contribution in [3.05, 3.63) is 70.1 Å². The monoisotopic (exact) mass is 407 g/mol. The van der Waals surface area contributed by atoms with E-state index in [0.717, 1.165) is 24.3 Å². The number of para-hydroxylation sites is 1. The van der Waals surface area contributed by atoms with E-state index in [1.807, 2.05) is 0 Å². The van der Waals surface area contributed by atoms with E-state index in [2.05, 4.69) is 5.32 Å². The number of carbonyl (C=O) groups is 1. The highest BCUT2D eigenvalue weighted by molar-refractivity contribution is 6.03. The number of fused-ring (bicyclic) bond motifs is 1. The number of rotatable bonds is 6. The molecular formula is C20H16F3NO5. The molecule has 1 N–H and O–H groups in total. The van der Waals surface area contributed by atoms with E-state index in [-0.39, 0.29) is 41.4 Å². The number of carbonyl (C=O) groups excluding carboxylic acids is 1. The van der Waals surface area contributed by atoms with Crippen LogP contribution in [0.2, 0.25) is 0 Å². The van der Waals surface area contributed by atoms with E-state index in [9.17, 15) is 22.8 Å². The van der Waals surface area contributed by atoms with Crippen LogP contribution in [0.15, 0.2) is 57.7 Å². The summed E-state index contributed by atoms with van der Waals surface area (Å²) in [5.74, 6) is -1.20. The maximum atomic E-state index is 13.1. The Hall–Kier alpha value is -3.33. The Morgan fingerprint density at radius 3 is 2.59 bits per heavy atom. The van der Waals surface area contributed by atoms with Crippen LogP contribution in [0.25, 0.3) is 11.0 Å². The second-order valence-corrected chi connectivity index (χ2v) is 5.98. The lowest BCUT2D eigenvalue weighted by Crippen LogP contribution is -2.17. The van der Waals surface area contributed by atoms with Crippen LogP contribution >= 0.6 is 0 Å². The molecule has 3 aromatic rings. The molecule has 0 radical (unpaired) electrons. The van der Waals surface area contributed by atoms with Gasteiger partial charge in [-0.3, -0.25) is 9.59 Å². The molecule has 0 unspecified atom stereocenters. The third-order valence-electron chi connectivity index (χ3n) is 3.96. The predicted octanol–water partition coefficient (Wildman–Crippen LogP) is 4.09. The summed E-state index contributed by atoms with van der Waals surface area (Å²) in [4.78, 5) is 24.7. The van der Waals surface area contributed by atoms with Crippen molar-refractivity contribution in [2.75, 3.05) is 25.6 Å². The van der Waals surface area contributed by atoms with Crippen molar-refractivity contribution in [1.29, 1.82) is 0 Å². The van der Waals surface area contributed by atoms with E-state index in [4.69, 9.17) is 13.9 Å². The van der Waals surface area contributed by atoms with Crippen molar-refractivity contribution in [3.63, 3.8) is 0 Å². The van der Waals surface area contributed by atoms with E-state index >= 15 is 0 Å². The van der Waals surface area contributed by atoms with Crippen LogP contribution in [0.1, 0.15) is 16.1 Å². The third-order valence-corrected chi connectivity index (χ3v) is 3.96. The molecule has 0 saturated heterocycles. The number of methoxy groups -OCH3 is 1. The number of ether oxygens (including phenoxy) is 2. The van der Waals surface area contributed by atoms with Crippen molar-refractivity contribution in [1.82, 2.24) is 0 Å². The predicted molar refractivity (Wildman–Crippen MR) is 99.3 cm³/mol. The Morgan fingerprint density at radius 1 is 1.10 bits per heavy atom. The molecule has 0 aliphatic rings. The van der Waals surface area contributed by atoms with Crippen molar-refractivity contribution < 1.29 is 31.9 Å². The number of alkyl halides is 3. The number of hydrogen-bond acceptors (Lipinski definition) is 5. The lowest BCUT2D eigenvalue weighted by atomic mass is 10.1. The molecule has 6 nitrogen and oxygen atoms in total. The molecule has 0 bridgehead atoms. The number of halogens is 3. The molecule has 9 heteroatoms. The molecule has 3 rings (SSSR count). The van der Waals surface area contributed by atoms with Gasteiger partial charge in [-0.15, -0.1) is 0 Å². The van der Waals surface area contributed by atoms with E-state index < -0.39 is 23.1 Å². The number of hydrogen-bond donors (Lipinski definition) is 1. The largest absolute Gasteiger partial charge is 0.489 e.